The Morgan fingerprint density at radius 1 is 1.23 bits per heavy atom. The fourth-order valence-electron chi connectivity index (χ4n) is 3.87. The molecular formula is C22H26N2O5S2. The Labute approximate surface area is 186 Å². The fraction of sp³-hybridized carbons (Fsp3) is 0.455. The van der Waals surface area contributed by atoms with E-state index in [4.69, 9.17) is 4.74 Å². The van der Waals surface area contributed by atoms with Gasteiger partial charge in [0.05, 0.1) is 19.2 Å². The minimum Gasteiger partial charge on any atom is -0.465 e. The SMILES string of the molecule is COC(=O)c1c(S(=O)(=O)NCCc2ccccc2)sc2c1CCN(C(=O)C1(C)CC1)C2. The highest BCUT2D eigenvalue weighted by molar-refractivity contribution is 7.91. The Kier molecular flexibility index (Phi) is 5.93. The van der Waals surface area contributed by atoms with Crippen molar-refractivity contribution in [2.45, 2.75) is 43.4 Å². The van der Waals surface area contributed by atoms with Gasteiger partial charge >= 0.3 is 5.97 Å². The van der Waals surface area contributed by atoms with E-state index < -0.39 is 16.0 Å². The van der Waals surface area contributed by atoms with Crippen LogP contribution in [0.15, 0.2) is 34.5 Å². The van der Waals surface area contributed by atoms with Gasteiger partial charge in [0.1, 0.15) is 4.21 Å². The van der Waals surface area contributed by atoms with Crippen molar-refractivity contribution in [2.24, 2.45) is 5.41 Å². The van der Waals surface area contributed by atoms with Gasteiger partial charge in [-0.3, -0.25) is 4.79 Å². The summed E-state index contributed by atoms with van der Waals surface area (Å²) in [5.41, 5.74) is 1.53. The van der Waals surface area contributed by atoms with Crippen LogP contribution in [0.2, 0.25) is 0 Å². The lowest BCUT2D eigenvalue weighted by Crippen LogP contribution is -2.39. The van der Waals surface area contributed by atoms with Gasteiger partial charge in [0.15, 0.2) is 0 Å². The van der Waals surface area contributed by atoms with Crippen molar-refractivity contribution < 1.29 is 22.7 Å². The van der Waals surface area contributed by atoms with Gasteiger partial charge in [-0.1, -0.05) is 37.3 Å². The molecule has 0 unspecified atom stereocenters. The van der Waals surface area contributed by atoms with Crippen LogP contribution in [0.1, 0.15) is 46.1 Å². The number of thiophene rings is 1. The van der Waals surface area contributed by atoms with E-state index in [1.807, 2.05) is 37.3 Å². The molecule has 0 bridgehead atoms. The first-order valence-corrected chi connectivity index (χ1v) is 12.6. The first-order chi connectivity index (χ1) is 14.7. The molecule has 4 rings (SSSR count). The Balaban J connectivity index is 1.57. The summed E-state index contributed by atoms with van der Waals surface area (Å²) in [5, 5.41) is 0. The van der Waals surface area contributed by atoms with Crippen LogP contribution in [0.4, 0.5) is 0 Å². The third-order valence-corrected chi connectivity index (χ3v) is 9.21. The first kappa shape index (κ1) is 22.0. The molecule has 1 aliphatic carbocycles. The number of rotatable bonds is 7. The van der Waals surface area contributed by atoms with Crippen LogP contribution in [0, 0.1) is 5.41 Å². The molecule has 166 valence electrons. The lowest BCUT2D eigenvalue weighted by atomic mass is 10.0. The number of hydrogen-bond donors (Lipinski definition) is 1. The summed E-state index contributed by atoms with van der Waals surface area (Å²) in [4.78, 5) is 27.8. The molecule has 9 heteroatoms. The number of carbonyl (C=O) groups is 2. The second-order valence-corrected chi connectivity index (χ2v) is 11.4. The molecule has 2 heterocycles. The summed E-state index contributed by atoms with van der Waals surface area (Å²) in [7, 11) is -2.65. The molecule has 1 fully saturated rings. The maximum Gasteiger partial charge on any atom is 0.340 e. The van der Waals surface area contributed by atoms with Gasteiger partial charge in [0.25, 0.3) is 10.0 Å². The van der Waals surface area contributed by atoms with Crippen molar-refractivity contribution >= 4 is 33.2 Å². The van der Waals surface area contributed by atoms with E-state index in [0.717, 1.165) is 34.6 Å². The fourth-order valence-corrected chi connectivity index (χ4v) is 6.85. The average Bonchev–Trinajstić information content (AvgIpc) is 3.39. The molecule has 2 aromatic rings. The quantitative estimate of drug-likeness (QED) is 0.639. The van der Waals surface area contributed by atoms with Crippen molar-refractivity contribution in [2.75, 3.05) is 20.2 Å². The number of fused-ring (bicyclic) bond motifs is 1. The Morgan fingerprint density at radius 3 is 2.58 bits per heavy atom. The van der Waals surface area contributed by atoms with Gasteiger partial charge in [0, 0.05) is 23.4 Å². The van der Waals surface area contributed by atoms with Crippen molar-refractivity contribution in [3.05, 3.63) is 51.9 Å². The predicted molar refractivity (Wildman–Crippen MR) is 117 cm³/mol. The summed E-state index contributed by atoms with van der Waals surface area (Å²) in [6, 6.07) is 9.58. The number of carbonyl (C=O) groups excluding carboxylic acids is 2. The topological polar surface area (TPSA) is 92.8 Å². The minimum atomic E-state index is -3.90. The van der Waals surface area contributed by atoms with E-state index in [2.05, 4.69) is 4.72 Å². The van der Waals surface area contributed by atoms with E-state index in [0.29, 0.717) is 31.5 Å². The average molecular weight is 463 g/mol. The van der Waals surface area contributed by atoms with Gasteiger partial charge in [-0.05, 0) is 36.8 Å². The molecular weight excluding hydrogens is 436 g/mol. The third-order valence-electron chi connectivity index (χ3n) is 6.01. The number of esters is 1. The lowest BCUT2D eigenvalue weighted by molar-refractivity contribution is -0.137. The third kappa shape index (κ3) is 4.40. The van der Waals surface area contributed by atoms with E-state index in [9.17, 15) is 18.0 Å². The van der Waals surface area contributed by atoms with Gasteiger partial charge < -0.3 is 9.64 Å². The number of hydrogen-bond acceptors (Lipinski definition) is 6. The van der Waals surface area contributed by atoms with E-state index >= 15 is 0 Å². The van der Waals surface area contributed by atoms with Crippen LogP contribution >= 0.6 is 11.3 Å². The van der Waals surface area contributed by atoms with Gasteiger partial charge in [-0.2, -0.15) is 0 Å². The molecule has 1 aromatic heterocycles. The van der Waals surface area contributed by atoms with Gasteiger partial charge in [-0.15, -0.1) is 11.3 Å². The molecule has 7 nitrogen and oxygen atoms in total. The zero-order valence-corrected chi connectivity index (χ0v) is 19.3. The number of benzene rings is 1. The summed E-state index contributed by atoms with van der Waals surface area (Å²) >= 11 is 1.07. The predicted octanol–water partition coefficient (Wildman–Crippen LogP) is 2.74. The number of nitrogens with zero attached hydrogens (tertiary/aromatic N) is 1. The Bertz CT molecular complexity index is 1100. The molecule has 1 aromatic carbocycles. The van der Waals surface area contributed by atoms with Crippen molar-refractivity contribution in [3.8, 4) is 0 Å². The molecule has 2 aliphatic rings. The molecule has 1 N–H and O–H groups in total. The second kappa shape index (κ2) is 8.37. The Hall–Kier alpha value is -2.23. The van der Waals surface area contributed by atoms with Crippen molar-refractivity contribution in [3.63, 3.8) is 0 Å². The molecule has 31 heavy (non-hydrogen) atoms. The van der Waals surface area contributed by atoms with Gasteiger partial charge in [-0.25, -0.2) is 17.9 Å². The standard InChI is InChI=1S/C22H26N2O5S2/c1-22(10-11-22)21(26)24-13-9-16-17(14-24)30-20(18(16)19(25)29-2)31(27,28)23-12-8-15-6-4-3-5-7-15/h3-7,23H,8-14H2,1-2H3. The molecule has 0 radical (unpaired) electrons. The van der Waals surface area contributed by atoms with Crippen molar-refractivity contribution in [1.82, 2.24) is 9.62 Å². The van der Waals surface area contributed by atoms with Crippen LogP contribution in [0.25, 0.3) is 0 Å². The summed E-state index contributed by atoms with van der Waals surface area (Å²) in [6.07, 6.45) is 2.76. The number of amides is 1. The van der Waals surface area contributed by atoms with Crippen LogP contribution in [-0.4, -0.2) is 45.4 Å². The zero-order chi connectivity index (χ0) is 22.2. The number of nitrogens with one attached hydrogen (secondary N) is 1. The smallest absolute Gasteiger partial charge is 0.340 e. The molecule has 1 saturated carbocycles. The maximum absolute atomic E-state index is 13.1. The van der Waals surface area contributed by atoms with Crippen LogP contribution in [0.3, 0.4) is 0 Å². The van der Waals surface area contributed by atoms with Crippen LogP contribution in [0.5, 0.6) is 0 Å². The Morgan fingerprint density at radius 2 is 1.94 bits per heavy atom. The lowest BCUT2D eigenvalue weighted by Gasteiger charge is -2.29. The first-order valence-electron chi connectivity index (χ1n) is 10.3. The van der Waals surface area contributed by atoms with E-state index in [-0.39, 0.29) is 27.6 Å². The molecule has 0 saturated heterocycles. The monoisotopic (exact) mass is 462 g/mol. The van der Waals surface area contributed by atoms with Crippen LogP contribution < -0.4 is 4.72 Å². The van der Waals surface area contributed by atoms with Crippen molar-refractivity contribution in [1.29, 1.82) is 0 Å². The molecule has 1 amide bonds. The van der Waals surface area contributed by atoms with Gasteiger partial charge in [0.2, 0.25) is 5.91 Å². The maximum atomic E-state index is 13.1. The number of methoxy groups -OCH3 is 1. The van der Waals surface area contributed by atoms with Crippen LogP contribution in [-0.2, 0) is 38.9 Å². The minimum absolute atomic E-state index is 0.0238. The second-order valence-electron chi connectivity index (χ2n) is 8.33. The summed E-state index contributed by atoms with van der Waals surface area (Å²) in [6.45, 7) is 2.99. The highest BCUT2D eigenvalue weighted by atomic mass is 32.2. The number of sulfonamides is 1. The van der Waals surface area contributed by atoms with E-state index in [1.54, 1.807) is 4.90 Å². The van der Waals surface area contributed by atoms with E-state index in [1.165, 1.54) is 7.11 Å². The summed E-state index contributed by atoms with van der Waals surface area (Å²) < 4.78 is 33.6. The summed E-state index contributed by atoms with van der Waals surface area (Å²) in [5.74, 6) is -0.550. The number of ether oxygens (including phenoxy) is 1. The zero-order valence-electron chi connectivity index (χ0n) is 17.6. The highest BCUT2D eigenvalue weighted by Gasteiger charge is 2.48. The normalized spacial score (nSPS) is 17.2. The molecule has 1 aliphatic heterocycles. The largest absolute Gasteiger partial charge is 0.465 e. The molecule has 0 spiro atoms. The highest BCUT2D eigenvalue weighted by Crippen LogP contribution is 2.47. The molecule has 0 atom stereocenters.